The third-order valence-corrected chi connectivity index (χ3v) is 6.11. The van der Waals surface area contributed by atoms with Crippen LogP contribution in [0, 0.1) is 0 Å². The summed E-state index contributed by atoms with van der Waals surface area (Å²) in [6.07, 6.45) is 17.9. The lowest BCUT2D eigenvalue weighted by atomic mass is 10.0. The molecule has 0 aromatic heterocycles. The summed E-state index contributed by atoms with van der Waals surface area (Å²) >= 11 is 0. The first kappa shape index (κ1) is 27.7. The monoisotopic (exact) mass is 436 g/mol. The van der Waals surface area contributed by atoms with Crippen LogP contribution in [0.4, 0.5) is 13.2 Å². The van der Waals surface area contributed by atoms with E-state index in [1.54, 1.807) is 0 Å². The molecule has 1 heterocycles. The first-order valence-corrected chi connectivity index (χ1v) is 12.8. The Balaban J connectivity index is 1.65. The highest BCUT2D eigenvalue weighted by Gasteiger charge is 2.25. The zero-order valence-electron chi connectivity index (χ0n) is 19.3. The maximum atomic E-state index is 12.0. The van der Waals surface area contributed by atoms with E-state index in [2.05, 4.69) is 0 Å². The fourth-order valence-electron chi connectivity index (χ4n) is 4.18. The van der Waals surface area contributed by atoms with E-state index < -0.39 is 12.6 Å². The predicted octanol–water partition coefficient (Wildman–Crippen LogP) is 8.77. The van der Waals surface area contributed by atoms with Gasteiger partial charge in [-0.25, -0.2) is 0 Å². The van der Waals surface area contributed by atoms with E-state index in [9.17, 15) is 13.2 Å². The summed E-state index contributed by atoms with van der Waals surface area (Å²) in [5, 5.41) is 0. The lowest BCUT2D eigenvalue weighted by Crippen LogP contribution is -2.20. The molecule has 0 amide bonds. The number of ether oxygens (including phenoxy) is 2. The molecule has 0 N–H and O–H groups in total. The number of unbranched alkanes of at least 4 members (excludes halogenated alkanes) is 14. The molecule has 0 aromatic rings. The van der Waals surface area contributed by atoms with E-state index >= 15 is 0 Å². The fraction of sp³-hybridized carbons (Fsp3) is 1.00. The highest BCUT2D eigenvalue weighted by atomic mass is 19.4. The zero-order chi connectivity index (χ0) is 21.8. The molecule has 0 spiro atoms. The van der Waals surface area contributed by atoms with Gasteiger partial charge in [-0.05, 0) is 38.5 Å². The van der Waals surface area contributed by atoms with E-state index in [1.165, 1.54) is 89.9 Å². The number of hydrogen-bond donors (Lipinski definition) is 0. The second kappa shape index (κ2) is 19.4. The van der Waals surface area contributed by atoms with Gasteiger partial charge in [0.2, 0.25) is 0 Å². The van der Waals surface area contributed by atoms with Crippen molar-refractivity contribution in [3.8, 4) is 0 Å². The van der Waals surface area contributed by atoms with Crippen molar-refractivity contribution in [3.63, 3.8) is 0 Å². The topological polar surface area (TPSA) is 18.5 Å². The quantitative estimate of drug-likeness (QED) is 0.178. The van der Waals surface area contributed by atoms with Crippen LogP contribution in [-0.4, -0.2) is 32.1 Å². The minimum absolute atomic E-state index is 0.298. The molecule has 30 heavy (non-hydrogen) atoms. The Morgan fingerprint density at radius 1 is 0.633 bits per heavy atom. The second-order valence-electron chi connectivity index (χ2n) is 9.06. The van der Waals surface area contributed by atoms with Gasteiger partial charge in [-0.1, -0.05) is 83.5 Å². The highest BCUT2D eigenvalue weighted by molar-refractivity contribution is 4.63. The lowest BCUT2D eigenvalue weighted by Gasteiger charge is -2.22. The summed E-state index contributed by atoms with van der Waals surface area (Å²) < 4.78 is 47.5. The summed E-state index contributed by atoms with van der Waals surface area (Å²) in [6, 6.07) is 0. The molecule has 0 bridgehead atoms. The normalized spacial score (nSPS) is 17.5. The third kappa shape index (κ3) is 19.7. The minimum Gasteiger partial charge on any atom is -0.381 e. The maximum absolute atomic E-state index is 12.0. The molecule has 1 aliphatic heterocycles. The van der Waals surface area contributed by atoms with E-state index in [4.69, 9.17) is 9.47 Å². The Morgan fingerprint density at radius 3 is 1.60 bits per heavy atom. The van der Waals surface area contributed by atoms with Crippen LogP contribution in [0.2, 0.25) is 0 Å². The Morgan fingerprint density at radius 2 is 1.13 bits per heavy atom. The molecule has 5 heteroatoms. The molecule has 0 radical (unpaired) electrons. The molecular formula is C25H47F3O2. The van der Waals surface area contributed by atoms with Crippen molar-refractivity contribution < 1.29 is 22.6 Å². The smallest absolute Gasteiger partial charge is 0.381 e. The van der Waals surface area contributed by atoms with Crippen LogP contribution in [0.3, 0.4) is 0 Å². The molecule has 0 aliphatic carbocycles. The van der Waals surface area contributed by atoms with Gasteiger partial charge in [-0.3, -0.25) is 0 Å². The Labute approximate surface area is 183 Å². The zero-order valence-corrected chi connectivity index (χ0v) is 19.3. The average Bonchev–Trinajstić information content (AvgIpc) is 2.72. The molecular weight excluding hydrogens is 389 g/mol. The summed E-state index contributed by atoms with van der Waals surface area (Å²) in [7, 11) is 0. The standard InChI is InChI=1S/C25H47F3O2/c26-25(27,28)20-15-12-10-8-6-4-2-1-3-5-7-9-11-13-16-21-29-23-19-24-18-14-17-22-30-24/h24H,1-23H2. The van der Waals surface area contributed by atoms with Crippen LogP contribution < -0.4 is 0 Å². The van der Waals surface area contributed by atoms with E-state index in [-0.39, 0.29) is 0 Å². The van der Waals surface area contributed by atoms with Crippen molar-refractivity contribution >= 4 is 0 Å². The van der Waals surface area contributed by atoms with E-state index in [0.717, 1.165) is 45.5 Å². The van der Waals surface area contributed by atoms with Crippen LogP contribution >= 0.6 is 0 Å². The largest absolute Gasteiger partial charge is 0.389 e. The van der Waals surface area contributed by atoms with Crippen LogP contribution in [0.5, 0.6) is 0 Å². The molecule has 1 atom stereocenters. The van der Waals surface area contributed by atoms with Crippen LogP contribution in [0.15, 0.2) is 0 Å². The molecule has 0 aromatic carbocycles. The number of rotatable bonds is 20. The first-order chi connectivity index (χ1) is 14.6. The van der Waals surface area contributed by atoms with Gasteiger partial charge in [0.05, 0.1) is 6.10 Å². The Hall–Kier alpha value is -0.290. The van der Waals surface area contributed by atoms with Crippen molar-refractivity contribution in [2.45, 2.75) is 141 Å². The van der Waals surface area contributed by atoms with E-state index in [0.29, 0.717) is 12.5 Å². The van der Waals surface area contributed by atoms with Crippen molar-refractivity contribution in [1.82, 2.24) is 0 Å². The molecule has 1 saturated heterocycles. The van der Waals surface area contributed by atoms with Crippen LogP contribution in [0.1, 0.15) is 128 Å². The van der Waals surface area contributed by atoms with Crippen molar-refractivity contribution in [1.29, 1.82) is 0 Å². The summed E-state index contributed by atoms with van der Waals surface area (Å²) in [4.78, 5) is 0. The van der Waals surface area contributed by atoms with Crippen molar-refractivity contribution in [2.75, 3.05) is 19.8 Å². The summed E-state index contributed by atoms with van der Waals surface area (Å²) in [5.74, 6) is 0. The first-order valence-electron chi connectivity index (χ1n) is 12.8. The van der Waals surface area contributed by atoms with Gasteiger partial charge in [0.1, 0.15) is 0 Å². The molecule has 2 nitrogen and oxygen atoms in total. The maximum Gasteiger partial charge on any atom is 0.389 e. The molecule has 1 aliphatic rings. The molecule has 1 fully saturated rings. The van der Waals surface area contributed by atoms with Gasteiger partial charge in [0.25, 0.3) is 0 Å². The predicted molar refractivity (Wildman–Crippen MR) is 119 cm³/mol. The second-order valence-corrected chi connectivity index (χ2v) is 9.06. The fourth-order valence-corrected chi connectivity index (χ4v) is 4.18. The Bertz CT molecular complexity index is 355. The van der Waals surface area contributed by atoms with Gasteiger partial charge >= 0.3 is 6.18 Å². The van der Waals surface area contributed by atoms with Gasteiger partial charge < -0.3 is 9.47 Å². The van der Waals surface area contributed by atoms with Gasteiger partial charge in [-0.2, -0.15) is 13.2 Å². The van der Waals surface area contributed by atoms with Crippen molar-refractivity contribution in [3.05, 3.63) is 0 Å². The molecule has 1 unspecified atom stereocenters. The number of hydrogen-bond acceptors (Lipinski definition) is 2. The molecule has 1 rings (SSSR count). The van der Waals surface area contributed by atoms with Gasteiger partial charge in [-0.15, -0.1) is 0 Å². The van der Waals surface area contributed by atoms with Crippen molar-refractivity contribution in [2.24, 2.45) is 0 Å². The third-order valence-electron chi connectivity index (χ3n) is 6.11. The minimum atomic E-state index is -3.97. The molecule has 0 saturated carbocycles. The van der Waals surface area contributed by atoms with Gasteiger partial charge in [0, 0.05) is 26.2 Å². The summed E-state index contributed by atoms with van der Waals surface area (Å²) in [5.41, 5.74) is 0. The lowest BCUT2D eigenvalue weighted by molar-refractivity contribution is -0.135. The highest BCUT2D eigenvalue weighted by Crippen LogP contribution is 2.23. The van der Waals surface area contributed by atoms with E-state index in [1.807, 2.05) is 0 Å². The van der Waals surface area contributed by atoms with Crippen LogP contribution in [0.25, 0.3) is 0 Å². The Kier molecular flexibility index (Phi) is 17.9. The van der Waals surface area contributed by atoms with Gasteiger partial charge in [0.15, 0.2) is 0 Å². The average molecular weight is 437 g/mol. The summed E-state index contributed by atoms with van der Waals surface area (Å²) in [6.45, 7) is 2.68. The number of alkyl halides is 3. The number of halogens is 3. The van der Waals surface area contributed by atoms with Crippen LogP contribution in [-0.2, 0) is 9.47 Å². The SMILES string of the molecule is FC(F)(F)CCCCCCCCCCCCCCCCCOCCC1CCCCO1. The molecule has 180 valence electrons.